The third kappa shape index (κ3) is 9.01. The Morgan fingerprint density at radius 1 is 0.759 bits per heavy atom. The first kappa shape index (κ1) is 25.2. The van der Waals surface area contributed by atoms with Gasteiger partial charge in [-0.1, -0.05) is 97.5 Å². The molecule has 0 heterocycles. The largest absolute Gasteiger partial charge is 0.478 e. The molecule has 0 aliphatic rings. The van der Waals surface area contributed by atoms with Crippen molar-refractivity contribution in [3.63, 3.8) is 0 Å². The molecule has 0 atom stereocenters. The van der Waals surface area contributed by atoms with Gasteiger partial charge in [0.2, 0.25) is 0 Å². The summed E-state index contributed by atoms with van der Waals surface area (Å²) >= 11 is 0. The summed E-state index contributed by atoms with van der Waals surface area (Å²) in [5, 5.41) is 19.0. The summed E-state index contributed by atoms with van der Waals surface area (Å²) in [6, 6.07) is 3.23. The highest BCUT2D eigenvalue weighted by molar-refractivity contribution is 6.03. The monoisotopic (exact) mass is 404 g/mol. The van der Waals surface area contributed by atoms with E-state index in [0.717, 1.165) is 24.8 Å². The number of rotatable bonds is 16. The summed E-state index contributed by atoms with van der Waals surface area (Å²) in [6.07, 6.45) is 15.7. The van der Waals surface area contributed by atoms with Crippen molar-refractivity contribution in [3.8, 4) is 0 Å². The normalized spacial score (nSPS) is 11.2. The van der Waals surface area contributed by atoms with Gasteiger partial charge in [-0.15, -0.1) is 0 Å². The van der Waals surface area contributed by atoms with Crippen molar-refractivity contribution >= 4 is 11.9 Å². The molecule has 1 aromatic rings. The zero-order valence-corrected chi connectivity index (χ0v) is 18.6. The summed E-state index contributed by atoms with van der Waals surface area (Å²) in [4.78, 5) is 23.2. The molecule has 1 rings (SSSR count). The van der Waals surface area contributed by atoms with Crippen LogP contribution in [0.2, 0.25) is 0 Å². The van der Waals surface area contributed by atoms with Crippen molar-refractivity contribution in [2.24, 2.45) is 0 Å². The molecule has 0 saturated heterocycles. The molecule has 0 aliphatic heterocycles. The SMILES string of the molecule is CCCCCCCCCCCCCCc1c(C(C)C)ccc(C(=O)O)c1C(=O)O. The Morgan fingerprint density at radius 3 is 1.66 bits per heavy atom. The fourth-order valence-corrected chi connectivity index (χ4v) is 4.04. The number of unbranched alkanes of at least 4 members (excludes halogenated alkanes) is 11. The van der Waals surface area contributed by atoms with Crippen LogP contribution in [0.15, 0.2) is 12.1 Å². The van der Waals surface area contributed by atoms with Crippen LogP contribution in [0.4, 0.5) is 0 Å². The summed E-state index contributed by atoms with van der Waals surface area (Å²) < 4.78 is 0. The minimum Gasteiger partial charge on any atom is -0.478 e. The Hall–Kier alpha value is -1.84. The van der Waals surface area contributed by atoms with Crippen LogP contribution in [0.25, 0.3) is 0 Å². The molecule has 164 valence electrons. The molecule has 1 aromatic carbocycles. The maximum absolute atomic E-state index is 11.8. The molecule has 4 nitrogen and oxygen atoms in total. The quantitative estimate of drug-likeness (QED) is 0.281. The molecule has 0 aliphatic carbocycles. The summed E-state index contributed by atoms with van der Waals surface area (Å²) in [7, 11) is 0. The van der Waals surface area contributed by atoms with E-state index in [1.54, 1.807) is 6.07 Å². The first-order valence-electron chi connectivity index (χ1n) is 11.5. The van der Waals surface area contributed by atoms with Crippen LogP contribution >= 0.6 is 0 Å². The van der Waals surface area contributed by atoms with E-state index < -0.39 is 11.9 Å². The molecule has 2 N–H and O–H groups in total. The third-order valence-corrected chi connectivity index (χ3v) is 5.70. The van der Waals surface area contributed by atoms with E-state index in [9.17, 15) is 19.8 Å². The lowest BCUT2D eigenvalue weighted by Crippen LogP contribution is -2.14. The molecule has 0 fully saturated rings. The van der Waals surface area contributed by atoms with Crippen LogP contribution < -0.4 is 0 Å². The highest BCUT2D eigenvalue weighted by atomic mass is 16.4. The molecule has 0 amide bonds. The van der Waals surface area contributed by atoms with Gasteiger partial charge >= 0.3 is 11.9 Å². The molecule has 0 radical (unpaired) electrons. The molecule has 29 heavy (non-hydrogen) atoms. The van der Waals surface area contributed by atoms with Gasteiger partial charge in [0, 0.05) is 0 Å². The zero-order chi connectivity index (χ0) is 21.6. The lowest BCUT2D eigenvalue weighted by atomic mass is 9.87. The summed E-state index contributed by atoms with van der Waals surface area (Å²) in [5.74, 6) is -2.14. The Labute approximate surface area is 176 Å². The molecule has 0 saturated carbocycles. The van der Waals surface area contributed by atoms with Gasteiger partial charge in [-0.3, -0.25) is 0 Å². The maximum atomic E-state index is 11.8. The second-order valence-electron chi connectivity index (χ2n) is 8.46. The third-order valence-electron chi connectivity index (χ3n) is 5.70. The lowest BCUT2D eigenvalue weighted by Gasteiger charge is -2.17. The predicted octanol–water partition coefficient (Wildman–Crippen LogP) is 7.45. The average Bonchev–Trinajstić information content (AvgIpc) is 2.67. The highest BCUT2D eigenvalue weighted by Gasteiger charge is 2.23. The van der Waals surface area contributed by atoms with Crippen molar-refractivity contribution in [3.05, 3.63) is 34.4 Å². The molecule has 0 spiro atoms. The Bertz CT molecular complexity index is 634. The average molecular weight is 405 g/mol. The Kier molecular flexibility index (Phi) is 12.3. The van der Waals surface area contributed by atoms with Crippen LogP contribution in [0, 0.1) is 0 Å². The fourth-order valence-electron chi connectivity index (χ4n) is 4.04. The number of carbonyl (C=O) groups is 2. The molecular weight excluding hydrogens is 364 g/mol. The van der Waals surface area contributed by atoms with E-state index >= 15 is 0 Å². The van der Waals surface area contributed by atoms with Crippen LogP contribution in [0.1, 0.15) is 136 Å². The fraction of sp³-hybridized carbons (Fsp3) is 0.680. The maximum Gasteiger partial charge on any atom is 0.336 e. The van der Waals surface area contributed by atoms with E-state index in [4.69, 9.17) is 0 Å². The van der Waals surface area contributed by atoms with E-state index in [0.29, 0.717) is 12.0 Å². The van der Waals surface area contributed by atoms with Crippen molar-refractivity contribution in [1.82, 2.24) is 0 Å². The zero-order valence-electron chi connectivity index (χ0n) is 18.6. The standard InChI is InChI=1S/C25H40O4/c1-4-5-6-7-8-9-10-11-12-13-14-15-16-21-20(19(2)3)17-18-22(24(26)27)23(21)25(28)29/h17-19H,4-16H2,1-3H3,(H,26,27)(H,28,29). The number of hydrogen-bond donors (Lipinski definition) is 2. The van der Waals surface area contributed by atoms with Gasteiger partial charge in [0.1, 0.15) is 0 Å². The van der Waals surface area contributed by atoms with E-state index in [1.807, 2.05) is 13.8 Å². The molecule has 0 aromatic heterocycles. The minimum atomic E-state index is -1.17. The second kappa shape index (κ2) is 14.2. The second-order valence-corrected chi connectivity index (χ2v) is 8.46. The predicted molar refractivity (Wildman–Crippen MR) is 119 cm³/mol. The highest BCUT2D eigenvalue weighted by Crippen LogP contribution is 2.28. The number of carboxylic acid groups (broad SMARTS) is 2. The molecular formula is C25H40O4. The van der Waals surface area contributed by atoms with Gasteiger partial charge < -0.3 is 10.2 Å². The summed E-state index contributed by atoms with van der Waals surface area (Å²) in [5.41, 5.74) is 1.54. The van der Waals surface area contributed by atoms with Gasteiger partial charge in [-0.05, 0) is 36.0 Å². The van der Waals surface area contributed by atoms with Crippen molar-refractivity contribution in [2.75, 3.05) is 0 Å². The van der Waals surface area contributed by atoms with Crippen LogP contribution in [-0.4, -0.2) is 22.2 Å². The first-order valence-corrected chi connectivity index (χ1v) is 11.5. The van der Waals surface area contributed by atoms with Crippen molar-refractivity contribution in [1.29, 1.82) is 0 Å². The number of aromatic carboxylic acids is 2. The van der Waals surface area contributed by atoms with Gasteiger partial charge in [0.05, 0.1) is 11.1 Å². The minimum absolute atomic E-state index is 0.0215. The van der Waals surface area contributed by atoms with Gasteiger partial charge in [0.15, 0.2) is 0 Å². The molecule has 4 heteroatoms. The number of hydrogen-bond acceptors (Lipinski definition) is 2. The molecule has 0 bridgehead atoms. The number of carboxylic acids is 2. The van der Waals surface area contributed by atoms with Gasteiger partial charge in [-0.25, -0.2) is 9.59 Å². The summed E-state index contributed by atoms with van der Waals surface area (Å²) in [6.45, 7) is 6.29. The Balaban J connectivity index is 2.46. The smallest absolute Gasteiger partial charge is 0.336 e. The van der Waals surface area contributed by atoms with Crippen LogP contribution in [0.5, 0.6) is 0 Å². The van der Waals surface area contributed by atoms with Crippen molar-refractivity contribution < 1.29 is 19.8 Å². The van der Waals surface area contributed by atoms with Gasteiger partial charge in [-0.2, -0.15) is 0 Å². The van der Waals surface area contributed by atoms with Crippen LogP contribution in [0.3, 0.4) is 0 Å². The Morgan fingerprint density at radius 2 is 1.24 bits per heavy atom. The first-order chi connectivity index (χ1) is 13.9. The van der Waals surface area contributed by atoms with E-state index in [-0.39, 0.29) is 17.0 Å². The number of benzene rings is 1. The molecule has 0 unspecified atom stereocenters. The van der Waals surface area contributed by atoms with Crippen molar-refractivity contribution in [2.45, 2.75) is 110 Å². The topological polar surface area (TPSA) is 74.6 Å². The van der Waals surface area contributed by atoms with Gasteiger partial charge in [0.25, 0.3) is 0 Å². The lowest BCUT2D eigenvalue weighted by molar-refractivity contribution is 0.0650. The van der Waals surface area contributed by atoms with E-state index in [2.05, 4.69) is 6.92 Å². The van der Waals surface area contributed by atoms with Crippen LogP contribution in [-0.2, 0) is 6.42 Å². The van der Waals surface area contributed by atoms with E-state index in [1.165, 1.54) is 63.9 Å².